The van der Waals surface area contributed by atoms with Gasteiger partial charge < -0.3 is 10.1 Å². The van der Waals surface area contributed by atoms with E-state index in [9.17, 15) is 9.59 Å². The highest BCUT2D eigenvalue weighted by molar-refractivity contribution is 5.80. The van der Waals surface area contributed by atoms with Crippen molar-refractivity contribution in [1.82, 2.24) is 19.4 Å². The molecule has 0 radical (unpaired) electrons. The van der Waals surface area contributed by atoms with Crippen LogP contribution in [0.5, 0.6) is 5.75 Å². The van der Waals surface area contributed by atoms with Crippen molar-refractivity contribution in [3.8, 4) is 11.4 Å². The zero-order valence-corrected chi connectivity index (χ0v) is 16.8. The van der Waals surface area contributed by atoms with Crippen LogP contribution in [0.3, 0.4) is 0 Å². The maximum absolute atomic E-state index is 13.2. The second-order valence-corrected chi connectivity index (χ2v) is 6.97. The molecule has 0 aliphatic rings. The van der Waals surface area contributed by atoms with E-state index in [1.165, 1.54) is 9.13 Å². The molecule has 0 saturated heterocycles. The first-order chi connectivity index (χ1) is 14.6. The number of benzene rings is 2. The molecular weight excluding hydrogens is 380 g/mol. The summed E-state index contributed by atoms with van der Waals surface area (Å²) in [7, 11) is 1.59. The zero-order chi connectivity index (χ0) is 21.1. The zero-order valence-electron chi connectivity index (χ0n) is 16.8. The number of para-hydroxylation sites is 1. The Balaban J connectivity index is 1.63. The van der Waals surface area contributed by atoms with Gasteiger partial charge in [-0.3, -0.25) is 9.36 Å². The topological polar surface area (TPSA) is 78.1 Å². The third-order valence-corrected chi connectivity index (χ3v) is 4.95. The average Bonchev–Trinajstić information content (AvgIpc) is 3.04. The lowest BCUT2D eigenvalue weighted by atomic mass is 10.2. The third-order valence-electron chi connectivity index (χ3n) is 4.95. The van der Waals surface area contributed by atoms with Crippen LogP contribution in [0.15, 0.2) is 71.7 Å². The summed E-state index contributed by atoms with van der Waals surface area (Å²) in [4.78, 5) is 30.2. The number of nitrogens with one attached hydrogen (secondary N) is 1. The summed E-state index contributed by atoms with van der Waals surface area (Å²) >= 11 is 0. The Morgan fingerprint density at radius 1 is 1.07 bits per heavy atom. The normalized spacial score (nSPS) is 10.9. The van der Waals surface area contributed by atoms with Gasteiger partial charge in [-0.2, -0.15) is 0 Å². The number of rotatable bonds is 6. The summed E-state index contributed by atoms with van der Waals surface area (Å²) in [6.45, 7) is 2.20. The molecule has 30 heavy (non-hydrogen) atoms. The molecule has 0 bridgehead atoms. The lowest BCUT2D eigenvalue weighted by molar-refractivity contribution is -0.121. The maximum atomic E-state index is 13.2. The number of aromatic nitrogens is 3. The van der Waals surface area contributed by atoms with E-state index in [1.807, 2.05) is 55.5 Å². The third kappa shape index (κ3) is 3.69. The van der Waals surface area contributed by atoms with Crippen molar-refractivity contribution in [2.75, 3.05) is 7.11 Å². The molecule has 2 aromatic heterocycles. The van der Waals surface area contributed by atoms with E-state index in [0.717, 1.165) is 11.1 Å². The Bertz CT molecular complexity index is 1260. The minimum absolute atomic E-state index is 0.102. The van der Waals surface area contributed by atoms with Crippen LogP contribution in [-0.4, -0.2) is 27.1 Å². The molecule has 0 spiro atoms. The van der Waals surface area contributed by atoms with Crippen molar-refractivity contribution in [2.24, 2.45) is 0 Å². The number of carbonyl (C=O) groups excluding carboxylic acids is 1. The average molecular weight is 402 g/mol. The predicted molar refractivity (Wildman–Crippen MR) is 115 cm³/mol. The van der Waals surface area contributed by atoms with Crippen molar-refractivity contribution in [2.45, 2.75) is 20.0 Å². The molecule has 2 heterocycles. The number of carbonyl (C=O) groups is 1. The molecule has 0 atom stereocenters. The molecule has 7 heteroatoms. The van der Waals surface area contributed by atoms with Crippen molar-refractivity contribution in [1.29, 1.82) is 0 Å². The second-order valence-electron chi connectivity index (χ2n) is 6.97. The van der Waals surface area contributed by atoms with E-state index < -0.39 is 0 Å². The van der Waals surface area contributed by atoms with Gasteiger partial charge in [0, 0.05) is 18.3 Å². The Kier molecular flexibility index (Phi) is 5.34. The molecule has 0 fully saturated rings. The first-order valence-corrected chi connectivity index (χ1v) is 9.60. The van der Waals surface area contributed by atoms with Gasteiger partial charge in [0.15, 0.2) is 5.65 Å². The van der Waals surface area contributed by atoms with Gasteiger partial charge in [0.25, 0.3) is 0 Å². The molecule has 152 valence electrons. The van der Waals surface area contributed by atoms with Gasteiger partial charge in [0.2, 0.25) is 5.91 Å². The minimum Gasteiger partial charge on any atom is -0.496 e. The van der Waals surface area contributed by atoms with E-state index >= 15 is 0 Å². The second kappa shape index (κ2) is 8.24. The molecule has 2 aromatic carbocycles. The van der Waals surface area contributed by atoms with Crippen LogP contribution in [0.4, 0.5) is 0 Å². The van der Waals surface area contributed by atoms with Gasteiger partial charge in [-0.1, -0.05) is 35.9 Å². The van der Waals surface area contributed by atoms with Crippen molar-refractivity contribution in [3.63, 3.8) is 0 Å². The van der Waals surface area contributed by atoms with Crippen LogP contribution in [-0.2, 0) is 17.9 Å². The number of methoxy groups -OCH3 is 1. The van der Waals surface area contributed by atoms with Crippen LogP contribution >= 0.6 is 0 Å². The molecule has 4 rings (SSSR count). The fraction of sp³-hybridized carbons (Fsp3) is 0.174. The highest BCUT2D eigenvalue weighted by atomic mass is 16.5. The van der Waals surface area contributed by atoms with Crippen LogP contribution in [0, 0.1) is 6.92 Å². The molecular formula is C23H22N4O3. The largest absolute Gasteiger partial charge is 0.496 e. The summed E-state index contributed by atoms with van der Waals surface area (Å²) in [6, 6.07) is 18.7. The van der Waals surface area contributed by atoms with Gasteiger partial charge in [-0.15, -0.1) is 0 Å². The summed E-state index contributed by atoms with van der Waals surface area (Å²) in [6.07, 6.45) is 1.64. The molecule has 4 aromatic rings. The number of fused-ring (bicyclic) bond motifs is 1. The van der Waals surface area contributed by atoms with Gasteiger partial charge >= 0.3 is 5.69 Å². The van der Waals surface area contributed by atoms with Crippen LogP contribution in [0.1, 0.15) is 11.1 Å². The Hall–Kier alpha value is -3.87. The maximum Gasteiger partial charge on any atom is 0.335 e. The highest BCUT2D eigenvalue weighted by Gasteiger charge is 2.17. The van der Waals surface area contributed by atoms with Crippen LogP contribution in [0.25, 0.3) is 16.9 Å². The molecule has 0 aliphatic carbocycles. The van der Waals surface area contributed by atoms with Crippen molar-refractivity contribution < 1.29 is 9.53 Å². The van der Waals surface area contributed by atoms with Gasteiger partial charge in [-0.25, -0.2) is 14.3 Å². The minimum atomic E-state index is -0.306. The molecule has 0 aliphatic heterocycles. The predicted octanol–water partition coefficient (Wildman–Crippen LogP) is 2.82. The number of hydrogen-bond donors (Lipinski definition) is 1. The number of aryl methyl sites for hydroxylation is 1. The summed E-state index contributed by atoms with van der Waals surface area (Å²) in [5, 5.41) is 2.86. The number of pyridine rings is 1. The first kappa shape index (κ1) is 19.4. The van der Waals surface area contributed by atoms with E-state index in [-0.39, 0.29) is 18.1 Å². The molecule has 0 saturated carbocycles. The van der Waals surface area contributed by atoms with Gasteiger partial charge in [-0.05, 0) is 37.3 Å². The molecule has 7 nitrogen and oxygen atoms in total. The van der Waals surface area contributed by atoms with Crippen LogP contribution in [0.2, 0.25) is 0 Å². The number of hydrogen-bond acceptors (Lipinski definition) is 4. The lowest BCUT2D eigenvalue weighted by Gasteiger charge is -2.10. The van der Waals surface area contributed by atoms with E-state index in [4.69, 9.17) is 4.74 Å². The molecule has 1 N–H and O–H groups in total. The number of nitrogens with zero attached hydrogens (tertiary/aromatic N) is 3. The van der Waals surface area contributed by atoms with Crippen molar-refractivity contribution in [3.05, 3.63) is 88.5 Å². The monoisotopic (exact) mass is 402 g/mol. The summed E-state index contributed by atoms with van der Waals surface area (Å²) in [5.41, 5.74) is 3.49. The molecule has 1 amide bonds. The van der Waals surface area contributed by atoms with E-state index in [0.29, 0.717) is 29.1 Å². The van der Waals surface area contributed by atoms with Crippen LogP contribution < -0.4 is 15.7 Å². The number of amides is 1. The smallest absolute Gasteiger partial charge is 0.335 e. The van der Waals surface area contributed by atoms with E-state index in [2.05, 4.69) is 10.3 Å². The SMILES string of the molecule is COc1ccccc1CNC(=O)Cn1c(=O)n(-c2ccc(C)cc2)c2ncccc21. The summed E-state index contributed by atoms with van der Waals surface area (Å²) in [5.74, 6) is 0.435. The lowest BCUT2D eigenvalue weighted by Crippen LogP contribution is -2.32. The Morgan fingerprint density at radius 3 is 2.60 bits per heavy atom. The molecule has 0 unspecified atom stereocenters. The van der Waals surface area contributed by atoms with Gasteiger partial charge in [0.1, 0.15) is 12.3 Å². The number of imidazole rings is 1. The summed E-state index contributed by atoms with van der Waals surface area (Å²) < 4.78 is 8.29. The number of ether oxygens (including phenoxy) is 1. The first-order valence-electron chi connectivity index (χ1n) is 9.60. The van der Waals surface area contributed by atoms with Crippen molar-refractivity contribution >= 4 is 17.1 Å². The Morgan fingerprint density at radius 2 is 1.83 bits per heavy atom. The van der Waals surface area contributed by atoms with E-state index in [1.54, 1.807) is 25.4 Å². The fourth-order valence-electron chi connectivity index (χ4n) is 3.41. The van der Waals surface area contributed by atoms with Gasteiger partial charge in [0.05, 0.1) is 18.3 Å². The standard InChI is InChI=1S/C23H22N4O3/c1-16-9-11-18(12-10-16)27-22-19(7-5-13-24-22)26(23(27)29)15-21(28)25-14-17-6-3-4-8-20(17)30-2/h3-13H,14-15H2,1-2H3,(H,25,28). The Labute approximate surface area is 173 Å². The quantitative estimate of drug-likeness (QED) is 0.538. The fourth-order valence-corrected chi connectivity index (χ4v) is 3.41. The highest BCUT2D eigenvalue weighted by Crippen LogP contribution is 2.18.